The lowest BCUT2D eigenvalue weighted by atomic mass is 10.0. The van der Waals surface area contributed by atoms with E-state index >= 15 is 0 Å². The molecule has 8 nitrogen and oxygen atoms in total. The fourth-order valence-corrected chi connectivity index (χ4v) is 5.84. The number of nitrogens with one attached hydrogen (secondary N) is 2. The molecule has 4 aromatic rings. The number of thiazole rings is 1. The number of fused-ring (bicyclic) bond motifs is 1. The van der Waals surface area contributed by atoms with Crippen molar-refractivity contribution < 1.29 is 18.0 Å². The zero-order chi connectivity index (χ0) is 25.9. The minimum atomic E-state index is -4.12. The van der Waals surface area contributed by atoms with E-state index in [-0.39, 0.29) is 11.3 Å². The number of hydrogen-bond acceptors (Lipinski definition) is 6. The third-order valence-corrected chi connectivity index (χ3v) is 8.14. The summed E-state index contributed by atoms with van der Waals surface area (Å²) in [6.07, 6.45) is 0.180. The number of amides is 3. The standard InChI is InChI=1S/C26H26N4O4S2/c1-17-9-7-8-12-24(17)36(33,34)29-26(32)28-22(15-19-10-5-4-6-11-19)25(31)30(3)20-13-14-23-21(16-20)27-18(2)35-23/h4-14,16,22H,15H2,1-3H3,(H2,28,29,32). The highest BCUT2D eigenvalue weighted by Gasteiger charge is 2.28. The lowest BCUT2D eigenvalue weighted by molar-refractivity contribution is -0.120. The highest BCUT2D eigenvalue weighted by Crippen LogP contribution is 2.26. The number of benzene rings is 3. The Kier molecular flexibility index (Phi) is 7.37. The SMILES string of the molecule is Cc1nc2cc(N(C)C(=O)C(Cc3ccccc3)NC(=O)NS(=O)(=O)c3ccccc3C)ccc2s1. The van der Waals surface area contributed by atoms with E-state index in [2.05, 4.69) is 10.3 Å². The molecule has 3 amide bonds. The Morgan fingerprint density at radius 2 is 1.69 bits per heavy atom. The van der Waals surface area contributed by atoms with Crippen molar-refractivity contribution in [1.82, 2.24) is 15.0 Å². The summed E-state index contributed by atoms with van der Waals surface area (Å²) in [6, 6.07) is 19.1. The normalized spacial score (nSPS) is 12.2. The molecule has 0 radical (unpaired) electrons. The number of aryl methyl sites for hydroxylation is 2. The summed E-state index contributed by atoms with van der Waals surface area (Å²) in [5.41, 5.74) is 2.72. The van der Waals surface area contributed by atoms with Gasteiger partial charge in [-0.05, 0) is 49.2 Å². The first kappa shape index (κ1) is 25.3. The van der Waals surface area contributed by atoms with Crippen molar-refractivity contribution in [2.24, 2.45) is 0 Å². The highest BCUT2D eigenvalue weighted by molar-refractivity contribution is 7.90. The highest BCUT2D eigenvalue weighted by atomic mass is 32.2. The van der Waals surface area contributed by atoms with Crippen molar-refractivity contribution in [2.45, 2.75) is 31.2 Å². The molecule has 10 heteroatoms. The minimum absolute atomic E-state index is 0.00457. The number of nitrogens with zero attached hydrogens (tertiary/aromatic N) is 2. The van der Waals surface area contributed by atoms with E-state index in [1.54, 1.807) is 43.5 Å². The van der Waals surface area contributed by atoms with Crippen molar-refractivity contribution in [3.8, 4) is 0 Å². The van der Waals surface area contributed by atoms with Gasteiger partial charge in [-0.25, -0.2) is 22.9 Å². The number of rotatable bonds is 7. The molecule has 4 rings (SSSR count). The van der Waals surface area contributed by atoms with E-state index in [9.17, 15) is 18.0 Å². The monoisotopic (exact) mass is 522 g/mol. The summed E-state index contributed by atoms with van der Waals surface area (Å²) < 4.78 is 28.6. The van der Waals surface area contributed by atoms with Crippen LogP contribution in [0.15, 0.2) is 77.7 Å². The van der Waals surface area contributed by atoms with Crippen molar-refractivity contribution in [3.05, 3.63) is 88.9 Å². The van der Waals surface area contributed by atoms with E-state index in [1.165, 1.54) is 11.0 Å². The Hall–Kier alpha value is -3.76. The quantitative estimate of drug-likeness (QED) is 0.379. The third kappa shape index (κ3) is 5.72. The second kappa shape index (κ2) is 10.5. The topological polar surface area (TPSA) is 108 Å². The lowest BCUT2D eigenvalue weighted by Crippen LogP contribution is -2.52. The summed E-state index contributed by atoms with van der Waals surface area (Å²) in [6.45, 7) is 3.56. The molecule has 1 aromatic heterocycles. The molecule has 0 aliphatic heterocycles. The van der Waals surface area contributed by atoms with Gasteiger partial charge in [-0.15, -0.1) is 11.3 Å². The first-order valence-electron chi connectivity index (χ1n) is 11.2. The van der Waals surface area contributed by atoms with Crippen LogP contribution in [0.5, 0.6) is 0 Å². The van der Waals surface area contributed by atoms with Crippen LogP contribution in [-0.4, -0.2) is 38.4 Å². The van der Waals surface area contributed by atoms with E-state index in [4.69, 9.17) is 0 Å². The molecule has 1 unspecified atom stereocenters. The Labute approximate surface area is 214 Å². The predicted octanol–water partition coefficient (Wildman–Crippen LogP) is 4.18. The molecule has 36 heavy (non-hydrogen) atoms. The summed E-state index contributed by atoms with van der Waals surface area (Å²) >= 11 is 1.57. The molecule has 1 atom stereocenters. The first-order chi connectivity index (χ1) is 17.1. The number of carbonyl (C=O) groups excluding carboxylic acids is 2. The number of aromatic nitrogens is 1. The van der Waals surface area contributed by atoms with Crippen molar-refractivity contribution in [2.75, 3.05) is 11.9 Å². The van der Waals surface area contributed by atoms with Gasteiger partial charge in [0.15, 0.2) is 0 Å². The summed E-state index contributed by atoms with van der Waals surface area (Å²) in [5, 5.41) is 3.49. The maximum absolute atomic E-state index is 13.5. The van der Waals surface area contributed by atoms with Gasteiger partial charge in [0.1, 0.15) is 6.04 Å². The van der Waals surface area contributed by atoms with Crippen molar-refractivity contribution >= 4 is 49.2 Å². The molecular weight excluding hydrogens is 496 g/mol. The number of sulfonamides is 1. The fourth-order valence-electron chi connectivity index (χ4n) is 3.87. The largest absolute Gasteiger partial charge is 0.329 e. The molecule has 3 aromatic carbocycles. The maximum Gasteiger partial charge on any atom is 0.329 e. The third-order valence-electron chi connectivity index (χ3n) is 5.69. The molecular formula is C26H26N4O4S2. The van der Waals surface area contributed by atoms with Crippen LogP contribution in [0.2, 0.25) is 0 Å². The molecule has 0 saturated carbocycles. The zero-order valence-corrected chi connectivity index (χ0v) is 21.7. The number of urea groups is 1. The van der Waals surface area contributed by atoms with Gasteiger partial charge >= 0.3 is 6.03 Å². The first-order valence-corrected chi connectivity index (χ1v) is 13.5. The fraction of sp³-hybridized carbons (Fsp3) is 0.192. The van der Waals surface area contributed by atoms with Gasteiger partial charge in [0, 0.05) is 19.2 Å². The number of likely N-dealkylation sites (N-methyl/N-ethyl adjacent to an activating group) is 1. The molecule has 0 spiro atoms. The van der Waals surface area contributed by atoms with Gasteiger partial charge in [0.05, 0.1) is 20.1 Å². The van der Waals surface area contributed by atoms with E-state index in [1.807, 2.05) is 60.2 Å². The van der Waals surface area contributed by atoms with Gasteiger partial charge in [-0.3, -0.25) is 4.79 Å². The predicted molar refractivity (Wildman–Crippen MR) is 142 cm³/mol. The molecule has 0 aliphatic carbocycles. The number of carbonyl (C=O) groups is 2. The van der Waals surface area contributed by atoms with Crippen LogP contribution < -0.4 is 14.9 Å². The second-order valence-corrected chi connectivity index (χ2v) is 11.3. The van der Waals surface area contributed by atoms with E-state index in [0.717, 1.165) is 20.8 Å². The van der Waals surface area contributed by atoms with E-state index in [0.29, 0.717) is 11.3 Å². The Bertz CT molecular complexity index is 1520. The van der Waals surface area contributed by atoms with Gasteiger partial charge in [-0.1, -0.05) is 48.5 Å². The summed E-state index contributed by atoms with van der Waals surface area (Å²) in [5.74, 6) is -0.395. The lowest BCUT2D eigenvalue weighted by Gasteiger charge is -2.25. The molecule has 0 bridgehead atoms. The molecule has 0 saturated heterocycles. The van der Waals surface area contributed by atoms with Crippen molar-refractivity contribution in [1.29, 1.82) is 0 Å². The summed E-state index contributed by atoms with van der Waals surface area (Å²) in [7, 11) is -2.51. The van der Waals surface area contributed by atoms with Crippen molar-refractivity contribution in [3.63, 3.8) is 0 Å². The average Bonchev–Trinajstić information content (AvgIpc) is 3.22. The Morgan fingerprint density at radius 3 is 2.42 bits per heavy atom. The van der Waals surface area contributed by atoms with Crippen LogP contribution in [0.3, 0.4) is 0 Å². The second-order valence-electron chi connectivity index (χ2n) is 8.37. The Morgan fingerprint density at radius 1 is 1.00 bits per heavy atom. The van der Waals surface area contributed by atoms with Gasteiger partial charge in [0.2, 0.25) is 5.91 Å². The van der Waals surface area contributed by atoms with E-state index < -0.39 is 28.0 Å². The zero-order valence-electron chi connectivity index (χ0n) is 20.1. The van der Waals surface area contributed by atoms with Crippen LogP contribution in [0.1, 0.15) is 16.1 Å². The molecule has 186 valence electrons. The van der Waals surface area contributed by atoms with Crippen LogP contribution in [-0.2, 0) is 21.2 Å². The van der Waals surface area contributed by atoms with Crippen LogP contribution in [0.25, 0.3) is 10.2 Å². The molecule has 2 N–H and O–H groups in total. The van der Waals surface area contributed by atoms with Gasteiger partial charge in [-0.2, -0.15) is 0 Å². The number of hydrogen-bond donors (Lipinski definition) is 2. The van der Waals surface area contributed by atoms with Gasteiger partial charge in [0.25, 0.3) is 10.0 Å². The smallest absolute Gasteiger partial charge is 0.325 e. The van der Waals surface area contributed by atoms with Gasteiger partial charge < -0.3 is 10.2 Å². The molecule has 1 heterocycles. The number of anilines is 1. The minimum Gasteiger partial charge on any atom is -0.325 e. The van der Waals surface area contributed by atoms with Crippen LogP contribution in [0.4, 0.5) is 10.5 Å². The molecule has 0 aliphatic rings. The van der Waals surface area contributed by atoms with Crippen LogP contribution >= 0.6 is 11.3 Å². The maximum atomic E-state index is 13.5. The summed E-state index contributed by atoms with van der Waals surface area (Å²) in [4.78, 5) is 32.3. The average molecular weight is 523 g/mol. The Balaban J connectivity index is 1.57. The van der Waals surface area contributed by atoms with Crippen LogP contribution in [0, 0.1) is 13.8 Å². The molecule has 0 fully saturated rings.